The Morgan fingerprint density at radius 3 is 2.27 bits per heavy atom. The summed E-state index contributed by atoms with van der Waals surface area (Å²) in [6.45, 7) is 1.92. The lowest BCUT2D eigenvalue weighted by Crippen LogP contribution is -2.53. The normalized spacial score (nSPS) is 31.4. The average Bonchev–Trinajstić information content (AvgIpc) is 2.85. The Hall–Kier alpha value is -1.58. The lowest BCUT2D eigenvalue weighted by Gasteiger charge is -2.42. The van der Waals surface area contributed by atoms with E-state index >= 15 is 0 Å². The predicted molar refractivity (Wildman–Crippen MR) is 85.7 cm³/mol. The fourth-order valence-corrected chi connectivity index (χ4v) is 4.65. The van der Waals surface area contributed by atoms with Crippen LogP contribution in [0.15, 0.2) is 24.5 Å². The SMILES string of the molecule is O=C(N1CCCCC1)N1[C@@H]2CC[C@@H]1CC(c1ccncc1)C2. The zero-order valence-corrected chi connectivity index (χ0v) is 13.2. The summed E-state index contributed by atoms with van der Waals surface area (Å²) in [4.78, 5) is 21.4. The van der Waals surface area contributed by atoms with Gasteiger partial charge in [0.15, 0.2) is 0 Å². The molecule has 4 heteroatoms. The zero-order chi connectivity index (χ0) is 14.9. The molecule has 3 saturated heterocycles. The van der Waals surface area contributed by atoms with Gasteiger partial charge in [-0.1, -0.05) is 0 Å². The van der Waals surface area contributed by atoms with E-state index in [1.807, 2.05) is 12.4 Å². The molecule has 4 heterocycles. The number of fused-ring (bicyclic) bond motifs is 2. The second kappa shape index (κ2) is 5.90. The predicted octanol–water partition coefficient (Wildman–Crippen LogP) is 3.40. The maximum Gasteiger partial charge on any atom is 0.320 e. The summed E-state index contributed by atoms with van der Waals surface area (Å²) in [5.41, 5.74) is 1.40. The summed E-state index contributed by atoms with van der Waals surface area (Å²) in [6.07, 6.45) is 12.0. The molecular formula is C18H25N3O. The van der Waals surface area contributed by atoms with Crippen LogP contribution < -0.4 is 0 Å². The smallest absolute Gasteiger partial charge is 0.320 e. The molecule has 0 aromatic carbocycles. The van der Waals surface area contributed by atoms with Gasteiger partial charge in [0.25, 0.3) is 0 Å². The molecule has 3 aliphatic rings. The van der Waals surface area contributed by atoms with Gasteiger partial charge in [0, 0.05) is 37.6 Å². The van der Waals surface area contributed by atoms with Crippen LogP contribution in [-0.2, 0) is 0 Å². The minimum atomic E-state index is 0.320. The van der Waals surface area contributed by atoms with Gasteiger partial charge in [0.05, 0.1) is 0 Å². The highest BCUT2D eigenvalue weighted by molar-refractivity contribution is 5.76. The molecule has 3 fully saturated rings. The minimum Gasteiger partial charge on any atom is -0.325 e. The Bertz CT molecular complexity index is 512. The van der Waals surface area contributed by atoms with Crippen molar-refractivity contribution in [3.05, 3.63) is 30.1 Å². The van der Waals surface area contributed by atoms with Gasteiger partial charge in [-0.15, -0.1) is 0 Å². The van der Waals surface area contributed by atoms with Crippen molar-refractivity contribution in [3.63, 3.8) is 0 Å². The van der Waals surface area contributed by atoms with Gasteiger partial charge in [-0.05, 0) is 68.6 Å². The van der Waals surface area contributed by atoms with Crippen molar-refractivity contribution in [2.24, 2.45) is 0 Å². The number of carbonyl (C=O) groups excluding carboxylic acids is 1. The van der Waals surface area contributed by atoms with E-state index in [4.69, 9.17) is 0 Å². The third-order valence-corrected chi connectivity index (χ3v) is 5.76. The van der Waals surface area contributed by atoms with Crippen molar-refractivity contribution in [2.45, 2.75) is 62.9 Å². The van der Waals surface area contributed by atoms with Crippen molar-refractivity contribution >= 4 is 6.03 Å². The van der Waals surface area contributed by atoms with Crippen LogP contribution in [0.3, 0.4) is 0 Å². The lowest BCUT2D eigenvalue weighted by atomic mass is 9.85. The first-order valence-electron chi connectivity index (χ1n) is 8.80. The third kappa shape index (κ3) is 2.49. The van der Waals surface area contributed by atoms with E-state index in [-0.39, 0.29) is 0 Å². The van der Waals surface area contributed by atoms with Gasteiger partial charge >= 0.3 is 6.03 Å². The molecule has 0 saturated carbocycles. The zero-order valence-electron chi connectivity index (χ0n) is 13.2. The van der Waals surface area contributed by atoms with Gasteiger partial charge in [0.1, 0.15) is 0 Å². The maximum atomic E-state index is 12.9. The van der Waals surface area contributed by atoms with Crippen molar-refractivity contribution in [1.29, 1.82) is 0 Å². The molecule has 0 unspecified atom stereocenters. The van der Waals surface area contributed by atoms with E-state index in [0.29, 0.717) is 24.0 Å². The minimum absolute atomic E-state index is 0.320. The number of rotatable bonds is 1. The van der Waals surface area contributed by atoms with E-state index in [1.54, 1.807) is 0 Å². The second-order valence-corrected chi connectivity index (χ2v) is 7.07. The topological polar surface area (TPSA) is 36.4 Å². The number of urea groups is 1. The van der Waals surface area contributed by atoms with Crippen molar-refractivity contribution in [3.8, 4) is 0 Å². The van der Waals surface area contributed by atoms with Crippen molar-refractivity contribution < 1.29 is 4.79 Å². The number of piperidine rings is 2. The Morgan fingerprint density at radius 2 is 1.64 bits per heavy atom. The fourth-order valence-electron chi connectivity index (χ4n) is 4.65. The van der Waals surface area contributed by atoms with E-state index in [1.165, 1.54) is 37.7 Å². The Balaban J connectivity index is 1.48. The highest BCUT2D eigenvalue weighted by atomic mass is 16.2. The van der Waals surface area contributed by atoms with Gasteiger partial charge < -0.3 is 9.80 Å². The number of hydrogen-bond donors (Lipinski definition) is 0. The van der Waals surface area contributed by atoms with Crippen LogP contribution in [-0.4, -0.2) is 46.0 Å². The maximum absolute atomic E-state index is 12.9. The summed E-state index contributed by atoms with van der Waals surface area (Å²) in [7, 11) is 0. The monoisotopic (exact) mass is 299 g/mol. The highest BCUT2D eigenvalue weighted by Crippen LogP contribution is 2.43. The quantitative estimate of drug-likeness (QED) is 0.797. The van der Waals surface area contributed by atoms with Crippen LogP contribution >= 0.6 is 0 Å². The molecule has 118 valence electrons. The number of likely N-dealkylation sites (tertiary alicyclic amines) is 1. The molecule has 1 aromatic rings. The van der Waals surface area contributed by atoms with E-state index in [9.17, 15) is 4.79 Å². The van der Waals surface area contributed by atoms with E-state index < -0.39 is 0 Å². The van der Waals surface area contributed by atoms with Crippen LogP contribution in [0.4, 0.5) is 4.79 Å². The molecule has 0 radical (unpaired) electrons. The van der Waals surface area contributed by atoms with Crippen LogP contribution in [0.2, 0.25) is 0 Å². The van der Waals surface area contributed by atoms with Crippen LogP contribution in [0.5, 0.6) is 0 Å². The van der Waals surface area contributed by atoms with Crippen molar-refractivity contribution in [2.75, 3.05) is 13.1 Å². The van der Waals surface area contributed by atoms with Gasteiger partial charge in [0.2, 0.25) is 0 Å². The highest BCUT2D eigenvalue weighted by Gasteiger charge is 2.44. The molecule has 2 bridgehead atoms. The molecule has 0 spiro atoms. The lowest BCUT2D eigenvalue weighted by molar-refractivity contribution is 0.0991. The second-order valence-electron chi connectivity index (χ2n) is 7.07. The van der Waals surface area contributed by atoms with Crippen LogP contribution in [0.1, 0.15) is 56.4 Å². The number of pyridine rings is 1. The largest absolute Gasteiger partial charge is 0.325 e. The first-order valence-corrected chi connectivity index (χ1v) is 8.80. The van der Waals surface area contributed by atoms with Crippen LogP contribution in [0.25, 0.3) is 0 Å². The molecule has 0 aliphatic carbocycles. The molecule has 3 aliphatic heterocycles. The summed E-state index contributed by atoms with van der Waals surface area (Å²) < 4.78 is 0. The first-order chi connectivity index (χ1) is 10.8. The third-order valence-electron chi connectivity index (χ3n) is 5.76. The van der Waals surface area contributed by atoms with Gasteiger partial charge in [-0.2, -0.15) is 0 Å². The Morgan fingerprint density at radius 1 is 1.00 bits per heavy atom. The number of nitrogens with zero attached hydrogens (tertiary/aromatic N) is 3. The number of amides is 2. The number of hydrogen-bond acceptors (Lipinski definition) is 2. The molecule has 0 N–H and O–H groups in total. The number of carbonyl (C=O) groups is 1. The number of aromatic nitrogens is 1. The van der Waals surface area contributed by atoms with Gasteiger partial charge in [-0.25, -0.2) is 4.79 Å². The Labute approximate surface area is 132 Å². The summed E-state index contributed by atoms with van der Waals surface area (Å²) in [6, 6.07) is 5.51. The summed E-state index contributed by atoms with van der Waals surface area (Å²) >= 11 is 0. The van der Waals surface area contributed by atoms with Crippen molar-refractivity contribution in [1.82, 2.24) is 14.8 Å². The molecule has 4 nitrogen and oxygen atoms in total. The summed E-state index contributed by atoms with van der Waals surface area (Å²) in [5, 5.41) is 0. The fraction of sp³-hybridized carbons (Fsp3) is 0.667. The standard InChI is InChI=1S/C18H25N3O/c22-18(20-10-2-1-3-11-20)21-16-4-5-17(21)13-15(12-16)14-6-8-19-9-7-14/h6-9,15-17H,1-5,10-13H2/t16-,17-/m1/s1. The average molecular weight is 299 g/mol. The van der Waals surface area contributed by atoms with Gasteiger partial charge in [-0.3, -0.25) is 4.98 Å². The molecule has 1 aromatic heterocycles. The Kier molecular flexibility index (Phi) is 3.77. The summed E-state index contributed by atoms with van der Waals surface area (Å²) in [5.74, 6) is 0.603. The molecule has 22 heavy (non-hydrogen) atoms. The van der Waals surface area contributed by atoms with E-state index in [2.05, 4.69) is 26.9 Å². The van der Waals surface area contributed by atoms with E-state index in [0.717, 1.165) is 25.9 Å². The molecule has 2 amide bonds. The molecule has 2 atom stereocenters. The molecular weight excluding hydrogens is 274 g/mol. The first kappa shape index (κ1) is 14.0. The molecule has 4 rings (SSSR count). The van der Waals surface area contributed by atoms with Crippen LogP contribution in [0, 0.1) is 0 Å².